The summed E-state index contributed by atoms with van der Waals surface area (Å²) in [7, 11) is 0. The van der Waals surface area contributed by atoms with E-state index in [1.165, 1.54) is 18.2 Å². The van der Waals surface area contributed by atoms with Crippen molar-refractivity contribution >= 4 is 12.4 Å². The van der Waals surface area contributed by atoms with Crippen molar-refractivity contribution in [2.24, 2.45) is 11.7 Å². The van der Waals surface area contributed by atoms with Crippen LogP contribution in [-0.2, 0) is 6.18 Å². The lowest BCUT2D eigenvalue weighted by Gasteiger charge is -2.23. The first-order chi connectivity index (χ1) is 8.73. The molecule has 2 atom stereocenters. The van der Waals surface area contributed by atoms with Crippen LogP contribution in [-0.4, -0.2) is 11.2 Å². The maximum absolute atomic E-state index is 12.8. The molecule has 3 N–H and O–H groups in total. The minimum absolute atomic E-state index is 0. The predicted octanol–water partition coefficient (Wildman–Crippen LogP) is 3.92. The van der Waals surface area contributed by atoms with E-state index in [1.807, 2.05) is 13.8 Å². The van der Waals surface area contributed by atoms with Gasteiger partial charge in [0.15, 0.2) is 0 Å². The summed E-state index contributed by atoms with van der Waals surface area (Å²) in [6.45, 7) is 3.98. The van der Waals surface area contributed by atoms with Crippen LogP contribution in [0.2, 0.25) is 0 Å². The van der Waals surface area contributed by atoms with E-state index < -0.39 is 23.9 Å². The Morgan fingerprint density at radius 2 is 1.70 bits per heavy atom. The molecular formula is C14H21ClF3NO. The number of aliphatic hydroxyl groups is 1. The van der Waals surface area contributed by atoms with Crippen molar-refractivity contribution in [1.82, 2.24) is 0 Å². The molecule has 0 heterocycles. The molecule has 20 heavy (non-hydrogen) atoms. The van der Waals surface area contributed by atoms with Gasteiger partial charge in [0.1, 0.15) is 0 Å². The number of hydrogen-bond donors (Lipinski definition) is 2. The van der Waals surface area contributed by atoms with Gasteiger partial charge in [-0.15, -0.1) is 12.4 Å². The molecule has 0 saturated heterocycles. The first kappa shape index (κ1) is 19.2. The average Bonchev–Trinajstić information content (AvgIpc) is 2.34. The van der Waals surface area contributed by atoms with Gasteiger partial charge in [-0.3, -0.25) is 0 Å². The van der Waals surface area contributed by atoms with Gasteiger partial charge in [-0.2, -0.15) is 13.2 Å². The van der Waals surface area contributed by atoms with Crippen molar-refractivity contribution < 1.29 is 18.3 Å². The van der Waals surface area contributed by atoms with E-state index in [9.17, 15) is 18.3 Å². The fourth-order valence-electron chi connectivity index (χ4n) is 1.94. The highest BCUT2D eigenvalue weighted by Crippen LogP contribution is 2.35. The first-order valence-electron chi connectivity index (χ1n) is 6.33. The van der Waals surface area contributed by atoms with E-state index in [2.05, 4.69) is 0 Å². The van der Waals surface area contributed by atoms with Crippen LogP contribution >= 0.6 is 12.4 Å². The minimum atomic E-state index is -4.45. The Labute approximate surface area is 123 Å². The van der Waals surface area contributed by atoms with Gasteiger partial charge in [0.05, 0.1) is 17.7 Å². The highest BCUT2D eigenvalue weighted by Gasteiger charge is 2.35. The number of rotatable bonds is 5. The van der Waals surface area contributed by atoms with Crippen molar-refractivity contribution in [3.8, 4) is 0 Å². The molecule has 2 nitrogen and oxygen atoms in total. The van der Waals surface area contributed by atoms with Crippen LogP contribution in [0.25, 0.3) is 0 Å². The largest absolute Gasteiger partial charge is 0.416 e. The van der Waals surface area contributed by atoms with Gasteiger partial charge in [0.25, 0.3) is 0 Å². The van der Waals surface area contributed by atoms with Crippen LogP contribution in [0.15, 0.2) is 24.3 Å². The lowest BCUT2D eigenvalue weighted by Crippen LogP contribution is -2.28. The molecule has 0 aliphatic rings. The predicted molar refractivity (Wildman–Crippen MR) is 75.7 cm³/mol. The minimum Gasteiger partial charge on any atom is -0.391 e. The molecule has 0 fully saturated rings. The van der Waals surface area contributed by atoms with Crippen LogP contribution in [0.5, 0.6) is 0 Å². The summed E-state index contributed by atoms with van der Waals surface area (Å²) in [6.07, 6.45) is -4.30. The first-order valence-corrected chi connectivity index (χ1v) is 6.33. The number of alkyl halides is 3. The van der Waals surface area contributed by atoms with E-state index in [0.717, 1.165) is 12.5 Å². The zero-order valence-electron chi connectivity index (χ0n) is 11.5. The van der Waals surface area contributed by atoms with E-state index >= 15 is 0 Å². The van der Waals surface area contributed by atoms with Crippen molar-refractivity contribution in [1.29, 1.82) is 0 Å². The summed E-state index contributed by atoms with van der Waals surface area (Å²) in [6, 6.07) is 4.12. The van der Waals surface area contributed by atoms with Crippen molar-refractivity contribution in [2.75, 3.05) is 0 Å². The third-order valence-electron chi connectivity index (χ3n) is 3.08. The lowest BCUT2D eigenvalue weighted by molar-refractivity contribution is -0.138. The average molecular weight is 312 g/mol. The molecule has 0 spiro atoms. The monoisotopic (exact) mass is 311 g/mol. The summed E-state index contributed by atoms with van der Waals surface area (Å²) >= 11 is 0. The van der Waals surface area contributed by atoms with Gasteiger partial charge in [-0.1, -0.05) is 32.0 Å². The highest BCUT2D eigenvalue weighted by atomic mass is 35.5. The molecule has 0 unspecified atom stereocenters. The van der Waals surface area contributed by atoms with E-state index in [0.29, 0.717) is 12.3 Å². The van der Waals surface area contributed by atoms with Crippen LogP contribution in [0.4, 0.5) is 13.2 Å². The number of aliphatic hydroxyl groups excluding tert-OH is 1. The zero-order valence-corrected chi connectivity index (χ0v) is 12.3. The molecule has 116 valence electrons. The summed E-state index contributed by atoms with van der Waals surface area (Å²) in [4.78, 5) is 0. The Morgan fingerprint density at radius 3 is 2.20 bits per heavy atom. The molecule has 1 aromatic rings. The van der Waals surface area contributed by atoms with Gasteiger partial charge >= 0.3 is 6.18 Å². The topological polar surface area (TPSA) is 46.2 Å². The molecule has 0 amide bonds. The number of hydrogen-bond acceptors (Lipinski definition) is 2. The maximum atomic E-state index is 12.8. The summed E-state index contributed by atoms with van der Waals surface area (Å²) in [5.41, 5.74) is 4.95. The Hall–Kier alpha value is -0.780. The molecule has 0 aliphatic carbocycles. The molecule has 0 aromatic heterocycles. The summed E-state index contributed by atoms with van der Waals surface area (Å²) < 4.78 is 38.5. The Bertz CT molecular complexity index is 410. The van der Waals surface area contributed by atoms with Crippen molar-refractivity contribution in [2.45, 2.75) is 45.0 Å². The van der Waals surface area contributed by atoms with Crippen LogP contribution in [0.3, 0.4) is 0 Å². The van der Waals surface area contributed by atoms with E-state index in [1.54, 1.807) is 0 Å². The van der Waals surface area contributed by atoms with Crippen LogP contribution < -0.4 is 5.73 Å². The second-order valence-corrected chi connectivity index (χ2v) is 5.15. The molecule has 1 rings (SSSR count). The fraction of sp³-hybridized carbons (Fsp3) is 0.571. The highest BCUT2D eigenvalue weighted by molar-refractivity contribution is 5.85. The van der Waals surface area contributed by atoms with E-state index in [4.69, 9.17) is 5.73 Å². The summed E-state index contributed by atoms with van der Waals surface area (Å²) in [5.74, 6) is 0.375. The Kier molecular flexibility index (Phi) is 7.55. The maximum Gasteiger partial charge on any atom is 0.416 e. The normalized spacial score (nSPS) is 14.8. The third kappa shape index (κ3) is 5.31. The molecular weight excluding hydrogens is 291 g/mol. The second-order valence-electron chi connectivity index (χ2n) is 5.15. The van der Waals surface area contributed by atoms with Crippen LogP contribution in [0, 0.1) is 5.92 Å². The Morgan fingerprint density at radius 1 is 1.15 bits per heavy atom. The third-order valence-corrected chi connectivity index (χ3v) is 3.08. The molecule has 0 saturated carbocycles. The van der Waals surface area contributed by atoms with Crippen molar-refractivity contribution in [3.05, 3.63) is 35.4 Å². The van der Waals surface area contributed by atoms with E-state index in [-0.39, 0.29) is 18.0 Å². The number of benzene rings is 1. The van der Waals surface area contributed by atoms with Gasteiger partial charge < -0.3 is 10.8 Å². The molecule has 0 aliphatic heterocycles. The molecule has 6 heteroatoms. The van der Waals surface area contributed by atoms with Crippen molar-refractivity contribution in [3.63, 3.8) is 0 Å². The SMILES string of the molecule is CC(C)CC[C@H](O)[C@H](N)c1ccccc1C(F)(F)F.Cl. The van der Waals surface area contributed by atoms with Gasteiger partial charge in [-0.25, -0.2) is 0 Å². The zero-order chi connectivity index (χ0) is 14.6. The van der Waals surface area contributed by atoms with Crippen LogP contribution in [0.1, 0.15) is 43.9 Å². The smallest absolute Gasteiger partial charge is 0.391 e. The molecule has 0 bridgehead atoms. The van der Waals surface area contributed by atoms with Gasteiger partial charge in [-0.05, 0) is 30.4 Å². The quantitative estimate of drug-likeness (QED) is 0.865. The summed E-state index contributed by atoms with van der Waals surface area (Å²) in [5, 5.41) is 9.92. The lowest BCUT2D eigenvalue weighted by atomic mass is 9.93. The van der Waals surface area contributed by atoms with Gasteiger partial charge in [0, 0.05) is 0 Å². The standard InChI is InChI=1S/C14H20F3NO.ClH/c1-9(2)7-8-12(19)13(18)10-5-3-4-6-11(10)14(15,16)17;/h3-6,9,12-13,19H,7-8,18H2,1-2H3;1H/t12-,13+;/m0./s1. The number of halogens is 4. The second kappa shape index (κ2) is 7.86. The Balaban J connectivity index is 0.00000361. The fourth-order valence-corrected chi connectivity index (χ4v) is 1.94. The molecule has 1 aromatic carbocycles. The number of nitrogens with two attached hydrogens (primary N) is 1. The van der Waals surface area contributed by atoms with Gasteiger partial charge in [0.2, 0.25) is 0 Å². The molecule has 0 radical (unpaired) electrons.